The number of carbonyl (C=O) groups is 3. The molecule has 3 aromatic rings. The molecule has 8 heteroatoms. The summed E-state index contributed by atoms with van der Waals surface area (Å²) in [7, 11) is 0. The van der Waals surface area contributed by atoms with E-state index in [9.17, 15) is 27.6 Å². The lowest BCUT2D eigenvalue weighted by Gasteiger charge is -2.13. The fourth-order valence-electron chi connectivity index (χ4n) is 2.89. The van der Waals surface area contributed by atoms with Crippen LogP contribution in [0.2, 0.25) is 0 Å². The van der Waals surface area contributed by atoms with Crippen LogP contribution in [0.1, 0.15) is 53.9 Å². The number of rotatable bonds is 2. The van der Waals surface area contributed by atoms with E-state index in [0.717, 1.165) is 12.3 Å². The van der Waals surface area contributed by atoms with Gasteiger partial charge in [-0.1, -0.05) is 24.3 Å². The van der Waals surface area contributed by atoms with Crippen LogP contribution in [0.15, 0.2) is 51.5 Å². The quantitative estimate of drug-likeness (QED) is 0.507. The molecule has 0 unspecified atom stereocenters. The van der Waals surface area contributed by atoms with Gasteiger partial charge in [-0.05, 0) is 12.1 Å². The minimum absolute atomic E-state index is 0.0792. The molecule has 1 aliphatic carbocycles. The summed E-state index contributed by atoms with van der Waals surface area (Å²) in [4.78, 5) is 37.8. The maximum atomic E-state index is 13.4. The van der Waals surface area contributed by atoms with E-state index in [0.29, 0.717) is 0 Å². The molecule has 0 amide bonds. The summed E-state index contributed by atoms with van der Waals surface area (Å²) < 4.78 is 49.8. The third kappa shape index (κ3) is 2.15. The summed E-state index contributed by atoms with van der Waals surface area (Å²) in [5.74, 6) is -5.86. The lowest BCUT2D eigenvalue weighted by atomic mass is 9.85. The second-order valence-corrected chi connectivity index (χ2v) is 5.52. The molecule has 0 spiro atoms. The van der Waals surface area contributed by atoms with Crippen molar-refractivity contribution in [2.24, 2.45) is 0 Å². The Morgan fingerprint density at radius 3 is 2.15 bits per heavy atom. The van der Waals surface area contributed by atoms with Gasteiger partial charge in [0.2, 0.25) is 17.3 Å². The van der Waals surface area contributed by atoms with Crippen LogP contribution in [0.3, 0.4) is 0 Å². The highest BCUT2D eigenvalue weighted by Crippen LogP contribution is 2.41. The van der Waals surface area contributed by atoms with Gasteiger partial charge in [0.25, 0.3) is 0 Å². The number of fused-ring (bicyclic) bond motifs is 2. The molecule has 0 fully saturated rings. The van der Waals surface area contributed by atoms with E-state index in [1.54, 1.807) is 0 Å². The van der Waals surface area contributed by atoms with Crippen LogP contribution < -0.4 is 0 Å². The number of alkyl halides is 3. The maximum Gasteiger partial charge on any atom is 0.450 e. The van der Waals surface area contributed by atoms with Crippen molar-refractivity contribution in [3.05, 3.63) is 82.2 Å². The van der Waals surface area contributed by atoms with Crippen LogP contribution in [-0.4, -0.2) is 17.3 Å². The van der Waals surface area contributed by atoms with Crippen LogP contribution in [0.25, 0.3) is 0 Å². The van der Waals surface area contributed by atoms with Crippen molar-refractivity contribution in [1.82, 2.24) is 0 Å². The number of furan rings is 2. The molecular formula is C18H7F3O5. The second kappa shape index (κ2) is 5.29. The molecule has 1 aliphatic rings. The molecule has 1 aromatic carbocycles. The summed E-state index contributed by atoms with van der Waals surface area (Å²) in [5.41, 5.74) is -1.88. The Morgan fingerprint density at radius 1 is 0.923 bits per heavy atom. The lowest BCUT2D eigenvalue weighted by molar-refractivity contribution is -0.153. The van der Waals surface area contributed by atoms with Crippen molar-refractivity contribution >= 4 is 17.3 Å². The predicted molar refractivity (Wildman–Crippen MR) is 79.2 cm³/mol. The molecule has 26 heavy (non-hydrogen) atoms. The average molecular weight is 360 g/mol. The van der Waals surface area contributed by atoms with Gasteiger partial charge >= 0.3 is 6.18 Å². The van der Waals surface area contributed by atoms with Gasteiger partial charge in [0, 0.05) is 11.1 Å². The van der Waals surface area contributed by atoms with Crippen molar-refractivity contribution < 1.29 is 36.4 Å². The molecule has 2 heterocycles. The molecule has 0 aliphatic heterocycles. The second-order valence-electron chi connectivity index (χ2n) is 5.52. The van der Waals surface area contributed by atoms with Gasteiger partial charge < -0.3 is 8.83 Å². The van der Waals surface area contributed by atoms with Crippen LogP contribution in [0, 0.1) is 0 Å². The summed E-state index contributed by atoms with van der Waals surface area (Å²) >= 11 is 0. The zero-order chi connectivity index (χ0) is 18.6. The van der Waals surface area contributed by atoms with E-state index in [-0.39, 0.29) is 11.1 Å². The summed E-state index contributed by atoms with van der Waals surface area (Å²) in [6.45, 7) is 0. The molecule has 0 bridgehead atoms. The normalized spacial score (nSPS) is 13.5. The number of ketones is 3. The fourth-order valence-corrected chi connectivity index (χ4v) is 2.89. The molecular weight excluding hydrogens is 353 g/mol. The molecule has 0 radical (unpaired) electrons. The molecule has 130 valence electrons. The monoisotopic (exact) mass is 360 g/mol. The van der Waals surface area contributed by atoms with Crippen molar-refractivity contribution in [3.8, 4) is 0 Å². The Hall–Kier alpha value is -3.42. The van der Waals surface area contributed by atoms with Gasteiger partial charge in [0.1, 0.15) is 0 Å². The number of hydrogen-bond acceptors (Lipinski definition) is 5. The SMILES string of the molecule is O=C1c2ccccc2C(=O)c2c1oc(C(F)(F)F)c2C(=O)c1ccco1. The number of hydrogen-bond donors (Lipinski definition) is 0. The van der Waals surface area contributed by atoms with Gasteiger partial charge in [0.05, 0.1) is 17.4 Å². The first-order valence-electron chi connectivity index (χ1n) is 7.31. The Balaban J connectivity index is 2.03. The van der Waals surface area contributed by atoms with Crippen molar-refractivity contribution in [2.45, 2.75) is 6.18 Å². The van der Waals surface area contributed by atoms with Crippen LogP contribution in [0.5, 0.6) is 0 Å². The Kier molecular flexibility index (Phi) is 3.27. The predicted octanol–water partition coefficient (Wildman–Crippen LogP) is 3.90. The smallest absolute Gasteiger partial charge is 0.450 e. The zero-order valence-corrected chi connectivity index (χ0v) is 12.7. The summed E-state index contributed by atoms with van der Waals surface area (Å²) in [6, 6.07) is 8.02. The molecule has 0 atom stereocenters. The highest BCUT2D eigenvalue weighted by atomic mass is 19.4. The highest BCUT2D eigenvalue weighted by Gasteiger charge is 2.48. The van der Waals surface area contributed by atoms with E-state index < -0.39 is 51.9 Å². The number of halogens is 3. The van der Waals surface area contributed by atoms with E-state index in [4.69, 9.17) is 8.83 Å². The largest absolute Gasteiger partial charge is 0.461 e. The molecule has 0 saturated heterocycles. The van der Waals surface area contributed by atoms with Gasteiger partial charge in [-0.2, -0.15) is 13.2 Å². The van der Waals surface area contributed by atoms with Crippen molar-refractivity contribution in [2.75, 3.05) is 0 Å². The molecule has 5 nitrogen and oxygen atoms in total. The summed E-state index contributed by atoms with van der Waals surface area (Å²) in [5, 5.41) is 0. The van der Waals surface area contributed by atoms with Crippen LogP contribution in [0.4, 0.5) is 13.2 Å². The first kappa shape index (κ1) is 16.1. The fraction of sp³-hybridized carbons (Fsp3) is 0.0556. The van der Waals surface area contributed by atoms with E-state index in [1.807, 2.05) is 0 Å². The Bertz CT molecular complexity index is 1070. The van der Waals surface area contributed by atoms with Gasteiger partial charge in [-0.3, -0.25) is 14.4 Å². The molecule has 4 rings (SSSR count). The molecule has 2 aromatic heterocycles. The van der Waals surface area contributed by atoms with Crippen molar-refractivity contribution in [1.29, 1.82) is 0 Å². The molecule has 0 N–H and O–H groups in total. The van der Waals surface area contributed by atoms with E-state index >= 15 is 0 Å². The highest BCUT2D eigenvalue weighted by molar-refractivity contribution is 6.31. The third-order valence-corrected chi connectivity index (χ3v) is 3.99. The van der Waals surface area contributed by atoms with E-state index in [1.165, 1.54) is 30.3 Å². The van der Waals surface area contributed by atoms with Crippen LogP contribution >= 0.6 is 0 Å². The lowest BCUT2D eigenvalue weighted by Crippen LogP contribution is -2.22. The van der Waals surface area contributed by atoms with Gasteiger partial charge in [0.15, 0.2) is 17.3 Å². The first-order chi connectivity index (χ1) is 12.3. The first-order valence-corrected chi connectivity index (χ1v) is 7.31. The van der Waals surface area contributed by atoms with E-state index in [2.05, 4.69) is 0 Å². The number of carbonyl (C=O) groups excluding carboxylic acids is 3. The van der Waals surface area contributed by atoms with Gasteiger partial charge in [-0.25, -0.2) is 0 Å². The summed E-state index contributed by atoms with van der Waals surface area (Å²) in [6.07, 6.45) is -3.98. The minimum atomic E-state index is -5.08. The maximum absolute atomic E-state index is 13.4. The zero-order valence-electron chi connectivity index (χ0n) is 12.7. The number of benzene rings is 1. The van der Waals surface area contributed by atoms with Crippen molar-refractivity contribution in [3.63, 3.8) is 0 Å². The molecule has 0 saturated carbocycles. The third-order valence-electron chi connectivity index (χ3n) is 3.99. The Labute approximate surface area is 143 Å². The standard InChI is InChI=1S/C18H7F3O5/c19-18(20,21)17-12(15(24)10-6-3-7-25-10)11-13(22)8-4-1-2-5-9(8)14(23)16(11)26-17/h1-7H. The van der Waals surface area contributed by atoms with Crippen LogP contribution in [-0.2, 0) is 6.18 Å². The average Bonchev–Trinajstić information content (AvgIpc) is 3.26. The van der Waals surface area contributed by atoms with Gasteiger partial charge in [-0.15, -0.1) is 0 Å². The Morgan fingerprint density at radius 2 is 1.58 bits per heavy atom. The minimum Gasteiger partial charge on any atom is -0.461 e. The topological polar surface area (TPSA) is 77.5 Å².